The number of nitrogens with one attached hydrogen (secondary N) is 1. The van der Waals surface area contributed by atoms with E-state index in [1.54, 1.807) is 54.6 Å². The number of rotatable bonds is 8. The molecule has 1 aliphatic heterocycles. The number of ether oxygens (including phenoxy) is 2. The summed E-state index contributed by atoms with van der Waals surface area (Å²) in [5.74, 6) is 0.194. The van der Waals surface area contributed by atoms with Crippen LogP contribution in [0.5, 0.6) is 11.6 Å². The highest BCUT2D eigenvalue weighted by Crippen LogP contribution is 2.24. The molecule has 0 spiro atoms. The zero-order chi connectivity index (χ0) is 26.5. The number of aromatic nitrogens is 1. The van der Waals surface area contributed by atoms with E-state index in [4.69, 9.17) is 21.1 Å². The van der Waals surface area contributed by atoms with Gasteiger partial charge >= 0.3 is 0 Å². The van der Waals surface area contributed by atoms with E-state index in [0.29, 0.717) is 30.5 Å². The van der Waals surface area contributed by atoms with Gasteiger partial charge in [-0.2, -0.15) is 0 Å². The largest absolute Gasteiger partial charge is 0.438 e. The summed E-state index contributed by atoms with van der Waals surface area (Å²) in [6.07, 6.45) is 1.54. The molecule has 3 aromatic rings. The van der Waals surface area contributed by atoms with Gasteiger partial charge in [0.1, 0.15) is 11.3 Å². The van der Waals surface area contributed by atoms with Crippen LogP contribution in [0.4, 0.5) is 0 Å². The molecule has 2 heterocycles. The van der Waals surface area contributed by atoms with Gasteiger partial charge in [0.2, 0.25) is 11.8 Å². The zero-order valence-electron chi connectivity index (χ0n) is 21.2. The highest BCUT2D eigenvalue weighted by atomic mass is 35.5. The van der Waals surface area contributed by atoms with E-state index >= 15 is 0 Å². The smallest absolute Gasteiger partial charge is 0.257 e. The van der Waals surface area contributed by atoms with Gasteiger partial charge in [0.15, 0.2) is 0 Å². The van der Waals surface area contributed by atoms with E-state index in [1.165, 1.54) is 5.56 Å². The predicted octanol–water partition coefficient (Wildman–Crippen LogP) is 4.25. The lowest BCUT2D eigenvalue weighted by Gasteiger charge is -2.34. The third kappa shape index (κ3) is 9.17. The van der Waals surface area contributed by atoms with Gasteiger partial charge in [0, 0.05) is 44.5 Å². The molecule has 1 fully saturated rings. The number of hydrogen-bond acceptors (Lipinski definition) is 6. The molecule has 9 heteroatoms. The van der Waals surface area contributed by atoms with Crippen molar-refractivity contribution in [3.8, 4) is 11.6 Å². The molecule has 1 aromatic heterocycles. The quantitative estimate of drug-likeness (QED) is 0.474. The standard InChI is InChI=1S/C20H23ClN4O3.C8H10O/c1-2-24-10-12-25(13-11-24)18(26)14-23-19(27)17-4-3-9-22-20(17)28-16-7-5-15(21)6-8-16;1-9-7-8-5-3-2-4-6-8/h3-9H,2,10-14H2,1H3,(H,23,27);2-6H,7H2,1H3. The number of pyridine rings is 1. The summed E-state index contributed by atoms with van der Waals surface area (Å²) in [7, 11) is 1.70. The van der Waals surface area contributed by atoms with Gasteiger partial charge in [-0.15, -0.1) is 0 Å². The van der Waals surface area contributed by atoms with E-state index in [-0.39, 0.29) is 23.9 Å². The number of amides is 2. The first-order valence-corrected chi connectivity index (χ1v) is 12.6. The van der Waals surface area contributed by atoms with Crippen LogP contribution in [0.15, 0.2) is 72.9 Å². The number of benzene rings is 2. The summed E-state index contributed by atoms with van der Waals surface area (Å²) < 4.78 is 10.6. The van der Waals surface area contributed by atoms with Crippen molar-refractivity contribution in [2.45, 2.75) is 13.5 Å². The summed E-state index contributed by atoms with van der Waals surface area (Å²) in [5.41, 5.74) is 1.49. The van der Waals surface area contributed by atoms with Crippen molar-refractivity contribution in [3.63, 3.8) is 0 Å². The van der Waals surface area contributed by atoms with E-state index in [9.17, 15) is 9.59 Å². The van der Waals surface area contributed by atoms with Gasteiger partial charge in [-0.25, -0.2) is 4.98 Å². The number of carbonyl (C=O) groups excluding carboxylic acids is 2. The minimum Gasteiger partial charge on any atom is -0.438 e. The second kappa shape index (κ2) is 14.9. The Morgan fingerprint density at radius 2 is 1.68 bits per heavy atom. The van der Waals surface area contributed by atoms with E-state index in [2.05, 4.69) is 22.1 Å². The average molecular weight is 525 g/mol. The highest BCUT2D eigenvalue weighted by Gasteiger charge is 2.21. The first-order chi connectivity index (χ1) is 18.0. The molecule has 2 amide bonds. The topological polar surface area (TPSA) is 84.0 Å². The van der Waals surface area contributed by atoms with Crippen LogP contribution in [0.1, 0.15) is 22.8 Å². The van der Waals surface area contributed by atoms with Crippen molar-refractivity contribution in [1.29, 1.82) is 0 Å². The molecular formula is C28H33ClN4O4. The average Bonchev–Trinajstić information content (AvgIpc) is 2.94. The number of piperazine rings is 1. The third-order valence-electron chi connectivity index (χ3n) is 5.77. The van der Waals surface area contributed by atoms with E-state index in [0.717, 1.165) is 19.6 Å². The minimum atomic E-state index is -0.405. The lowest BCUT2D eigenvalue weighted by molar-refractivity contribution is -0.131. The SMILES string of the molecule is CCN1CCN(C(=O)CNC(=O)c2cccnc2Oc2ccc(Cl)cc2)CC1.COCc1ccccc1. The van der Waals surface area contributed by atoms with Crippen LogP contribution < -0.4 is 10.1 Å². The summed E-state index contributed by atoms with van der Waals surface area (Å²) >= 11 is 5.87. The van der Waals surface area contributed by atoms with Crippen LogP contribution in [-0.4, -0.2) is 73.0 Å². The maximum atomic E-state index is 12.6. The van der Waals surface area contributed by atoms with Gasteiger partial charge in [0.05, 0.1) is 13.2 Å². The first kappa shape index (κ1) is 28.1. The monoisotopic (exact) mass is 524 g/mol. The number of likely N-dealkylation sites (N-methyl/N-ethyl adjacent to an activating group) is 1. The molecule has 0 bridgehead atoms. The van der Waals surface area contributed by atoms with Crippen molar-refractivity contribution < 1.29 is 19.1 Å². The molecule has 0 unspecified atom stereocenters. The minimum absolute atomic E-state index is 0.0553. The second-order valence-electron chi connectivity index (χ2n) is 8.33. The van der Waals surface area contributed by atoms with Gasteiger partial charge in [0.25, 0.3) is 5.91 Å². The Labute approximate surface area is 223 Å². The van der Waals surface area contributed by atoms with Crippen molar-refractivity contribution in [3.05, 3.63) is 89.1 Å². The number of carbonyl (C=O) groups is 2. The molecule has 1 saturated heterocycles. The Morgan fingerprint density at radius 1 is 0.973 bits per heavy atom. The Hall–Kier alpha value is -3.46. The molecule has 0 atom stereocenters. The fraction of sp³-hybridized carbons (Fsp3) is 0.321. The fourth-order valence-corrected chi connectivity index (χ4v) is 3.80. The maximum absolute atomic E-state index is 12.6. The molecular weight excluding hydrogens is 492 g/mol. The molecule has 4 rings (SSSR count). The molecule has 2 aromatic carbocycles. The van der Waals surface area contributed by atoms with E-state index in [1.807, 2.05) is 30.3 Å². The van der Waals surface area contributed by atoms with Gasteiger partial charge in [-0.05, 0) is 48.5 Å². The second-order valence-corrected chi connectivity index (χ2v) is 8.76. The number of hydrogen-bond donors (Lipinski definition) is 1. The molecule has 8 nitrogen and oxygen atoms in total. The number of halogens is 1. The molecule has 1 N–H and O–H groups in total. The Morgan fingerprint density at radius 3 is 2.32 bits per heavy atom. The van der Waals surface area contributed by atoms with Crippen molar-refractivity contribution in [2.75, 3.05) is 46.4 Å². The number of methoxy groups -OCH3 is 1. The summed E-state index contributed by atoms with van der Waals surface area (Å²) in [5, 5.41) is 3.26. The Kier molecular flexibility index (Phi) is 11.4. The maximum Gasteiger partial charge on any atom is 0.257 e. The fourth-order valence-electron chi connectivity index (χ4n) is 3.68. The summed E-state index contributed by atoms with van der Waals surface area (Å²) in [4.78, 5) is 33.1. The Balaban J connectivity index is 0.000000356. The van der Waals surface area contributed by atoms with Crippen LogP contribution in [0, 0.1) is 0 Å². The molecule has 0 saturated carbocycles. The van der Waals surface area contributed by atoms with Crippen LogP contribution in [0.25, 0.3) is 0 Å². The summed E-state index contributed by atoms with van der Waals surface area (Å²) in [6.45, 7) is 6.82. The third-order valence-corrected chi connectivity index (χ3v) is 6.02. The predicted molar refractivity (Wildman–Crippen MR) is 144 cm³/mol. The van der Waals surface area contributed by atoms with E-state index < -0.39 is 5.91 Å². The lowest BCUT2D eigenvalue weighted by atomic mass is 10.2. The van der Waals surface area contributed by atoms with Crippen molar-refractivity contribution in [2.24, 2.45) is 0 Å². The Bertz CT molecular complexity index is 1120. The van der Waals surface area contributed by atoms with Crippen molar-refractivity contribution >= 4 is 23.4 Å². The molecule has 0 aliphatic carbocycles. The highest BCUT2D eigenvalue weighted by molar-refractivity contribution is 6.30. The van der Waals surface area contributed by atoms with Crippen LogP contribution in [0.2, 0.25) is 5.02 Å². The van der Waals surface area contributed by atoms with Gasteiger partial charge in [-0.1, -0.05) is 48.9 Å². The van der Waals surface area contributed by atoms with Gasteiger partial charge < -0.3 is 24.6 Å². The normalized spacial score (nSPS) is 13.3. The van der Waals surface area contributed by atoms with Crippen LogP contribution in [-0.2, 0) is 16.1 Å². The molecule has 1 aliphatic rings. The molecule has 196 valence electrons. The van der Waals surface area contributed by atoms with Crippen LogP contribution >= 0.6 is 11.6 Å². The number of nitrogens with zero attached hydrogens (tertiary/aromatic N) is 3. The van der Waals surface area contributed by atoms with Crippen LogP contribution in [0.3, 0.4) is 0 Å². The lowest BCUT2D eigenvalue weighted by Crippen LogP contribution is -2.51. The molecule has 37 heavy (non-hydrogen) atoms. The summed E-state index contributed by atoms with van der Waals surface area (Å²) in [6, 6.07) is 20.1. The van der Waals surface area contributed by atoms with Gasteiger partial charge in [-0.3, -0.25) is 9.59 Å². The molecule has 0 radical (unpaired) electrons. The van der Waals surface area contributed by atoms with Crippen molar-refractivity contribution in [1.82, 2.24) is 20.1 Å². The zero-order valence-corrected chi connectivity index (χ0v) is 22.0. The first-order valence-electron chi connectivity index (χ1n) is 12.2.